The molecule has 1 amide bonds. The molecule has 3 aromatic heterocycles. The molecular formula is C21H18N6O. The molecule has 7 heteroatoms. The maximum atomic E-state index is 11.6. The average molecular weight is 370 g/mol. The van der Waals surface area contributed by atoms with E-state index in [1.165, 1.54) is 0 Å². The van der Waals surface area contributed by atoms with E-state index in [1.54, 1.807) is 6.20 Å². The van der Waals surface area contributed by atoms with Crippen LogP contribution in [0.4, 0.5) is 5.82 Å². The predicted molar refractivity (Wildman–Crippen MR) is 108 cm³/mol. The van der Waals surface area contributed by atoms with Crippen molar-refractivity contribution in [2.45, 2.75) is 13.5 Å². The number of amides is 1. The molecule has 4 aromatic rings. The molecule has 0 saturated carbocycles. The van der Waals surface area contributed by atoms with E-state index in [1.807, 2.05) is 54.0 Å². The SMILES string of the molecule is Cc1c(-c2cc(-c3ccc[nH]3)nc(N)c2C#N)c2ccccc2n1CC(N)=O. The van der Waals surface area contributed by atoms with Gasteiger partial charge in [0.25, 0.3) is 0 Å². The maximum absolute atomic E-state index is 11.6. The van der Waals surface area contributed by atoms with Gasteiger partial charge in [-0.3, -0.25) is 4.79 Å². The Balaban J connectivity index is 2.07. The number of fused-ring (bicyclic) bond motifs is 1. The van der Waals surface area contributed by atoms with Crippen LogP contribution in [-0.2, 0) is 11.3 Å². The normalized spacial score (nSPS) is 10.9. The lowest BCUT2D eigenvalue weighted by Gasteiger charge is -2.11. The summed E-state index contributed by atoms with van der Waals surface area (Å²) in [4.78, 5) is 19.1. The number of para-hydroxylation sites is 1. The van der Waals surface area contributed by atoms with Crippen LogP contribution in [0.1, 0.15) is 11.3 Å². The van der Waals surface area contributed by atoms with E-state index in [9.17, 15) is 10.1 Å². The molecule has 3 heterocycles. The molecule has 0 aliphatic rings. The van der Waals surface area contributed by atoms with Crippen molar-refractivity contribution in [2.24, 2.45) is 5.73 Å². The molecule has 0 radical (unpaired) electrons. The molecule has 0 aliphatic carbocycles. The van der Waals surface area contributed by atoms with E-state index in [0.29, 0.717) is 16.8 Å². The average Bonchev–Trinajstić information content (AvgIpc) is 3.29. The number of nitriles is 1. The van der Waals surface area contributed by atoms with Crippen molar-refractivity contribution in [2.75, 3.05) is 5.73 Å². The molecule has 0 bridgehead atoms. The van der Waals surface area contributed by atoms with Crippen molar-refractivity contribution in [3.63, 3.8) is 0 Å². The number of carbonyl (C=O) groups excluding carboxylic acids is 1. The lowest BCUT2D eigenvalue weighted by molar-refractivity contribution is -0.118. The first-order valence-corrected chi connectivity index (χ1v) is 8.72. The molecule has 0 fully saturated rings. The van der Waals surface area contributed by atoms with Gasteiger partial charge in [0.15, 0.2) is 0 Å². The fourth-order valence-corrected chi connectivity index (χ4v) is 3.64. The minimum Gasteiger partial charge on any atom is -0.383 e. The van der Waals surface area contributed by atoms with Gasteiger partial charge in [0.1, 0.15) is 24.0 Å². The van der Waals surface area contributed by atoms with E-state index < -0.39 is 5.91 Å². The summed E-state index contributed by atoms with van der Waals surface area (Å²) in [7, 11) is 0. The van der Waals surface area contributed by atoms with Gasteiger partial charge in [-0.25, -0.2) is 4.98 Å². The Morgan fingerprint density at radius 1 is 1.29 bits per heavy atom. The van der Waals surface area contributed by atoms with Crippen molar-refractivity contribution >= 4 is 22.6 Å². The molecule has 0 spiro atoms. The quantitative estimate of drug-likeness (QED) is 0.510. The molecule has 138 valence electrons. The molecule has 5 N–H and O–H groups in total. The van der Waals surface area contributed by atoms with Crippen LogP contribution < -0.4 is 11.5 Å². The summed E-state index contributed by atoms with van der Waals surface area (Å²) in [5.41, 5.74) is 16.6. The minimum absolute atomic E-state index is 0.0539. The van der Waals surface area contributed by atoms with Crippen LogP contribution in [0.25, 0.3) is 33.4 Å². The van der Waals surface area contributed by atoms with Crippen LogP contribution in [0, 0.1) is 18.3 Å². The Morgan fingerprint density at radius 3 is 2.75 bits per heavy atom. The van der Waals surface area contributed by atoms with Gasteiger partial charge in [0.2, 0.25) is 5.91 Å². The first-order chi connectivity index (χ1) is 13.5. The Labute approximate surface area is 161 Å². The third kappa shape index (κ3) is 2.68. The summed E-state index contributed by atoms with van der Waals surface area (Å²) >= 11 is 0. The predicted octanol–water partition coefficient (Wildman–Crippen LogP) is 2.95. The molecule has 7 nitrogen and oxygen atoms in total. The standard InChI is InChI=1S/C21H18N6O/c1-12-20(13-5-2-3-7-18(13)27(12)11-19(23)28)14-9-17(16-6-4-8-25-16)26-21(24)15(14)10-22/h2-9,25H,11H2,1H3,(H2,23,28)(H2,24,26). The second-order valence-corrected chi connectivity index (χ2v) is 6.54. The highest BCUT2D eigenvalue weighted by molar-refractivity contribution is 6.01. The van der Waals surface area contributed by atoms with Gasteiger partial charge in [-0.15, -0.1) is 0 Å². The third-order valence-corrected chi connectivity index (χ3v) is 4.85. The van der Waals surface area contributed by atoms with E-state index in [4.69, 9.17) is 11.5 Å². The van der Waals surface area contributed by atoms with E-state index in [0.717, 1.165) is 27.9 Å². The molecular weight excluding hydrogens is 352 g/mol. The van der Waals surface area contributed by atoms with Crippen LogP contribution in [0.5, 0.6) is 0 Å². The number of nitrogens with two attached hydrogens (primary N) is 2. The van der Waals surface area contributed by atoms with Crippen LogP contribution in [-0.4, -0.2) is 20.4 Å². The zero-order valence-corrected chi connectivity index (χ0v) is 15.2. The molecule has 0 unspecified atom stereocenters. The summed E-state index contributed by atoms with van der Waals surface area (Å²) in [5.74, 6) is -0.270. The number of aromatic amines is 1. The van der Waals surface area contributed by atoms with Gasteiger partial charge >= 0.3 is 0 Å². The summed E-state index contributed by atoms with van der Waals surface area (Å²) in [6, 6.07) is 15.5. The van der Waals surface area contributed by atoms with Crippen molar-refractivity contribution in [1.29, 1.82) is 5.26 Å². The zero-order chi connectivity index (χ0) is 19.8. The number of rotatable bonds is 4. The van der Waals surface area contributed by atoms with Crippen molar-refractivity contribution in [3.05, 3.63) is 59.9 Å². The summed E-state index contributed by atoms with van der Waals surface area (Å²) in [6.07, 6.45) is 1.80. The number of nitrogens with zero attached hydrogens (tertiary/aromatic N) is 3. The summed E-state index contributed by atoms with van der Waals surface area (Å²) < 4.78 is 1.86. The number of aromatic nitrogens is 3. The van der Waals surface area contributed by atoms with Crippen LogP contribution in [0.3, 0.4) is 0 Å². The highest BCUT2D eigenvalue weighted by Gasteiger charge is 2.21. The highest BCUT2D eigenvalue weighted by atomic mass is 16.1. The van der Waals surface area contributed by atoms with Crippen molar-refractivity contribution in [1.82, 2.24) is 14.5 Å². The largest absolute Gasteiger partial charge is 0.383 e. The van der Waals surface area contributed by atoms with Crippen LogP contribution in [0.2, 0.25) is 0 Å². The molecule has 0 aliphatic heterocycles. The van der Waals surface area contributed by atoms with Gasteiger partial charge in [0.05, 0.1) is 11.4 Å². The number of H-pyrrole nitrogens is 1. The Bertz CT molecular complexity index is 1240. The van der Waals surface area contributed by atoms with Gasteiger partial charge < -0.3 is 21.0 Å². The Morgan fingerprint density at radius 2 is 2.07 bits per heavy atom. The minimum atomic E-state index is -0.433. The second-order valence-electron chi connectivity index (χ2n) is 6.54. The Kier molecular flexibility index (Phi) is 4.09. The number of benzene rings is 1. The fourth-order valence-electron chi connectivity index (χ4n) is 3.64. The topological polar surface area (TPSA) is 127 Å². The number of carbonyl (C=O) groups is 1. The van der Waals surface area contributed by atoms with Crippen molar-refractivity contribution in [3.8, 4) is 28.6 Å². The van der Waals surface area contributed by atoms with Crippen LogP contribution >= 0.6 is 0 Å². The van der Waals surface area contributed by atoms with Gasteiger partial charge in [-0.2, -0.15) is 5.26 Å². The molecule has 0 atom stereocenters. The number of nitrogens with one attached hydrogen (secondary N) is 1. The molecule has 28 heavy (non-hydrogen) atoms. The Hall–Kier alpha value is -4.05. The zero-order valence-electron chi connectivity index (χ0n) is 15.2. The smallest absolute Gasteiger partial charge is 0.237 e. The lowest BCUT2D eigenvalue weighted by Crippen LogP contribution is -2.19. The van der Waals surface area contributed by atoms with Crippen LogP contribution in [0.15, 0.2) is 48.7 Å². The van der Waals surface area contributed by atoms with Gasteiger partial charge in [-0.05, 0) is 31.2 Å². The van der Waals surface area contributed by atoms with Gasteiger partial charge in [0, 0.05) is 33.9 Å². The van der Waals surface area contributed by atoms with Gasteiger partial charge in [-0.1, -0.05) is 18.2 Å². The number of hydrogen-bond acceptors (Lipinski definition) is 4. The number of nitrogen functional groups attached to an aromatic ring is 1. The molecule has 1 aromatic carbocycles. The number of pyridine rings is 1. The van der Waals surface area contributed by atoms with Crippen molar-refractivity contribution < 1.29 is 4.79 Å². The van der Waals surface area contributed by atoms with E-state index >= 15 is 0 Å². The first-order valence-electron chi connectivity index (χ1n) is 8.72. The first kappa shape index (κ1) is 17.4. The summed E-state index contributed by atoms with van der Waals surface area (Å²) in [5, 5.41) is 10.7. The number of hydrogen-bond donors (Lipinski definition) is 3. The monoisotopic (exact) mass is 370 g/mol. The highest BCUT2D eigenvalue weighted by Crippen LogP contribution is 2.39. The fraction of sp³-hybridized carbons (Fsp3) is 0.0952. The number of primary amides is 1. The lowest BCUT2D eigenvalue weighted by atomic mass is 9.97. The van der Waals surface area contributed by atoms with E-state index in [-0.39, 0.29) is 12.4 Å². The molecule has 4 rings (SSSR count). The third-order valence-electron chi connectivity index (χ3n) is 4.85. The molecule has 0 saturated heterocycles. The van der Waals surface area contributed by atoms with E-state index in [2.05, 4.69) is 16.0 Å². The second kappa shape index (κ2) is 6.59. The number of anilines is 1. The maximum Gasteiger partial charge on any atom is 0.237 e. The summed E-state index contributed by atoms with van der Waals surface area (Å²) in [6.45, 7) is 1.96.